The molecule has 4 nitrogen and oxygen atoms in total. The van der Waals surface area contributed by atoms with Gasteiger partial charge in [-0.2, -0.15) is 0 Å². The lowest BCUT2D eigenvalue weighted by atomic mass is 10.1. The highest BCUT2D eigenvalue weighted by Gasteiger charge is 2.44. The van der Waals surface area contributed by atoms with Crippen molar-refractivity contribution in [2.24, 2.45) is 0 Å². The molecule has 4 aromatic heterocycles. The number of hydrogen-bond donors (Lipinski definition) is 0. The normalized spacial score (nSPS) is 12.1. The summed E-state index contributed by atoms with van der Waals surface area (Å²) in [5.74, 6) is 0. The fourth-order valence-electron chi connectivity index (χ4n) is 9.47. The van der Waals surface area contributed by atoms with Gasteiger partial charge < -0.3 is 9.13 Å². The summed E-state index contributed by atoms with van der Waals surface area (Å²) in [5, 5.41) is 11.0. The highest BCUT2D eigenvalue weighted by atomic mass is 32.1. The maximum Gasteiger partial charge on any atom is 0.226 e. The smallest absolute Gasteiger partial charge is 0.226 e. The molecule has 0 N–H and O–H groups in total. The molecule has 0 saturated carbocycles. The quantitative estimate of drug-likeness (QED) is 0.125. The van der Waals surface area contributed by atoms with E-state index >= 15 is 0 Å². The summed E-state index contributed by atoms with van der Waals surface area (Å²) in [6.07, 6.45) is 2.10. The van der Waals surface area contributed by atoms with Crippen molar-refractivity contribution in [2.45, 2.75) is 0 Å². The highest BCUT2D eigenvalue weighted by Crippen LogP contribution is 2.41. The predicted molar refractivity (Wildman–Crippen MR) is 247 cm³/mol. The Balaban J connectivity index is 1.09. The van der Waals surface area contributed by atoms with E-state index in [4.69, 9.17) is 9.97 Å². The summed E-state index contributed by atoms with van der Waals surface area (Å²) in [6.45, 7) is 0. The number of nitrogens with zero attached hydrogens (tertiary/aromatic N) is 4. The average molecular weight is 775 g/mol. The van der Waals surface area contributed by atoms with Gasteiger partial charge in [0.1, 0.15) is 10.3 Å². The van der Waals surface area contributed by atoms with Gasteiger partial charge in [0.25, 0.3) is 0 Å². The lowest BCUT2D eigenvalue weighted by Crippen LogP contribution is -2.76. The van der Waals surface area contributed by atoms with E-state index in [0.29, 0.717) is 0 Å². The molecule has 0 unspecified atom stereocenters. The van der Waals surface area contributed by atoms with Crippen molar-refractivity contribution in [2.75, 3.05) is 0 Å². The zero-order valence-electron chi connectivity index (χ0n) is 31.3. The van der Waals surface area contributed by atoms with Gasteiger partial charge in [-0.1, -0.05) is 152 Å². The van der Waals surface area contributed by atoms with Crippen molar-refractivity contribution in [1.82, 2.24) is 19.1 Å². The van der Waals surface area contributed by atoms with Crippen LogP contribution in [0.15, 0.2) is 206 Å². The Kier molecular flexibility index (Phi) is 7.39. The van der Waals surface area contributed by atoms with Crippen LogP contribution < -0.4 is 21.0 Å². The van der Waals surface area contributed by atoms with E-state index in [1.54, 1.807) is 11.3 Å². The first kappa shape index (κ1) is 33.1. The molecule has 0 spiro atoms. The number of benzene rings is 8. The molecule has 8 aromatic carbocycles. The Bertz CT molecular complexity index is 3370. The number of fused-ring (bicyclic) bond motifs is 9. The molecule has 0 atom stereocenters. The van der Waals surface area contributed by atoms with E-state index < -0.39 is 8.07 Å². The second-order valence-corrected chi connectivity index (χ2v) is 19.6. The number of rotatable bonds is 6. The number of hydrogen-bond acceptors (Lipinski definition) is 3. The summed E-state index contributed by atoms with van der Waals surface area (Å²) in [7, 11) is -2.89. The van der Waals surface area contributed by atoms with E-state index in [-0.39, 0.29) is 0 Å². The summed E-state index contributed by atoms with van der Waals surface area (Å²) in [5.41, 5.74) is 7.93. The average Bonchev–Trinajstić information content (AvgIpc) is 3.95. The van der Waals surface area contributed by atoms with Crippen LogP contribution >= 0.6 is 11.3 Å². The van der Waals surface area contributed by atoms with Crippen molar-refractivity contribution in [3.63, 3.8) is 0 Å². The molecule has 4 heterocycles. The standard InChI is InChI=1S/C52H34N4SSi/c1-4-17-36(18-5-1)58(37-19-6-2-7-20-37,38-21-8-3-9-22-38)52-53-34-43-50-48(29-16-30-49(50)57-51(43)54-52)56-46-28-15-12-25-41(46)42-33-35(31-32-47(42)56)55-44-26-13-10-23-39(44)40-24-11-14-27-45(40)55/h1-34H. The van der Waals surface area contributed by atoms with Gasteiger partial charge in [0.2, 0.25) is 8.07 Å². The summed E-state index contributed by atoms with van der Waals surface area (Å²) < 4.78 is 6.04. The SMILES string of the molecule is c1ccc([Si](c2ccccc2)(c2ccccc2)c2ncc3c(n2)sc2cccc(-n4c5ccccc5c5cc(-n6c7ccccc7c7ccccc76)ccc54)c23)cc1. The van der Waals surface area contributed by atoms with E-state index in [1.807, 2.05) is 0 Å². The molecule has 0 bridgehead atoms. The van der Waals surface area contributed by atoms with Gasteiger partial charge in [-0.15, -0.1) is 11.3 Å². The van der Waals surface area contributed by atoms with Crippen molar-refractivity contribution in [3.8, 4) is 11.4 Å². The lowest BCUT2D eigenvalue weighted by Gasteiger charge is -2.31. The maximum absolute atomic E-state index is 5.61. The van der Waals surface area contributed by atoms with E-state index in [1.165, 1.54) is 69.3 Å². The third-order valence-corrected chi connectivity index (χ3v) is 17.5. The monoisotopic (exact) mass is 774 g/mol. The third-order valence-electron chi connectivity index (χ3n) is 11.9. The molecule has 272 valence electrons. The van der Waals surface area contributed by atoms with Gasteiger partial charge in [-0.25, -0.2) is 9.97 Å². The van der Waals surface area contributed by atoms with Gasteiger partial charge in [0, 0.05) is 48.9 Å². The molecule has 6 heteroatoms. The molecule has 0 aliphatic heterocycles. The van der Waals surface area contributed by atoms with Crippen molar-refractivity contribution in [3.05, 3.63) is 206 Å². The van der Waals surface area contributed by atoms with Crippen LogP contribution in [-0.4, -0.2) is 27.2 Å². The fourth-order valence-corrected chi connectivity index (χ4v) is 15.0. The summed E-state index contributed by atoms with van der Waals surface area (Å²) in [6, 6.07) is 72.6. The summed E-state index contributed by atoms with van der Waals surface area (Å²) >= 11 is 1.76. The number of thiophene rings is 1. The molecule has 0 fully saturated rings. The molecular weight excluding hydrogens is 741 g/mol. The van der Waals surface area contributed by atoms with Crippen LogP contribution in [0.1, 0.15) is 0 Å². The molecule has 0 amide bonds. The first-order valence-electron chi connectivity index (χ1n) is 19.7. The van der Waals surface area contributed by atoms with Gasteiger partial charge in [0.05, 0.1) is 27.8 Å². The Hall–Kier alpha value is -7.12. The van der Waals surface area contributed by atoms with E-state index in [9.17, 15) is 0 Å². The number of aromatic nitrogens is 4. The topological polar surface area (TPSA) is 35.6 Å². The zero-order valence-corrected chi connectivity index (χ0v) is 33.1. The molecule has 12 aromatic rings. The van der Waals surface area contributed by atoms with Crippen LogP contribution in [0.3, 0.4) is 0 Å². The van der Waals surface area contributed by atoms with Crippen molar-refractivity contribution < 1.29 is 0 Å². The Labute approximate surface area is 339 Å². The lowest BCUT2D eigenvalue weighted by molar-refractivity contribution is 1.17. The van der Waals surface area contributed by atoms with Crippen molar-refractivity contribution in [1.29, 1.82) is 0 Å². The minimum Gasteiger partial charge on any atom is -0.309 e. The van der Waals surface area contributed by atoms with Gasteiger partial charge in [0.15, 0.2) is 0 Å². The van der Waals surface area contributed by atoms with Crippen molar-refractivity contribution >= 4 is 104 Å². The van der Waals surface area contributed by atoms with Gasteiger partial charge >= 0.3 is 0 Å². The van der Waals surface area contributed by atoms with Gasteiger partial charge in [-0.05, 0) is 64.1 Å². The molecule has 12 rings (SSSR count). The minimum atomic E-state index is -2.89. The Morgan fingerprint density at radius 2 is 0.914 bits per heavy atom. The third kappa shape index (κ3) is 4.73. The predicted octanol–water partition coefficient (Wildman–Crippen LogP) is 10.4. The second kappa shape index (κ2) is 13.0. The van der Waals surface area contributed by atoms with E-state index in [2.05, 4.69) is 216 Å². The molecular formula is C52H34N4SSi. The highest BCUT2D eigenvalue weighted by molar-refractivity contribution is 7.26. The molecule has 58 heavy (non-hydrogen) atoms. The molecule has 0 radical (unpaired) electrons. The van der Waals surface area contributed by atoms with Crippen LogP contribution in [0.4, 0.5) is 0 Å². The first-order chi connectivity index (χ1) is 28.8. The largest absolute Gasteiger partial charge is 0.309 e. The van der Waals surface area contributed by atoms with Crippen LogP contribution in [0, 0.1) is 0 Å². The van der Waals surface area contributed by atoms with Crippen LogP contribution in [0.5, 0.6) is 0 Å². The Morgan fingerprint density at radius 1 is 0.414 bits per heavy atom. The molecule has 0 aliphatic rings. The van der Waals surface area contributed by atoms with E-state index in [0.717, 1.165) is 27.0 Å². The van der Waals surface area contributed by atoms with Crippen LogP contribution in [0.25, 0.3) is 75.3 Å². The van der Waals surface area contributed by atoms with Gasteiger partial charge in [-0.3, -0.25) is 0 Å². The fraction of sp³-hybridized carbons (Fsp3) is 0. The molecule has 0 aliphatic carbocycles. The van der Waals surface area contributed by atoms with Crippen LogP contribution in [-0.2, 0) is 0 Å². The minimum absolute atomic E-state index is 0.895. The maximum atomic E-state index is 5.61. The Morgan fingerprint density at radius 3 is 1.50 bits per heavy atom. The number of para-hydroxylation sites is 3. The zero-order chi connectivity index (χ0) is 38.2. The summed E-state index contributed by atoms with van der Waals surface area (Å²) in [4.78, 5) is 12.0. The van der Waals surface area contributed by atoms with Crippen LogP contribution in [0.2, 0.25) is 0 Å². The second-order valence-electron chi connectivity index (χ2n) is 14.9. The molecule has 0 saturated heterocycles. The first-order valence-corrected chi connectivity index (χ1v) is 22.5.